The second-order valence-electron chi connectivity index (χ2n) is 11.2. The van der Waals surface area contributed by atoms with Crippen molar-refractivity contribution in [1.82, 2.24) is 30.5 Å². The molecule has 3 aliphatic rings. The highest BCUT2D eigenvalue weighted by molar-refractivity contribution is 5.94. The van der Waals surface area contributed by atoms with Crippen LogP contribution in [0.1, 0.15) is 63.9 Å². The van der Waals surface area contributed by atoms with Gasteiger partial charge in [-0.2, -0.15) is 0 Å². The molecule has 0 aromatic heterocycles. The van der Waals surface area contributed by atoms with Crippen LogP contribution in [0.5, 0.6) is 0 Å². The molecule has 0 bridgehead atoms. The molecule has 1 aromatic carbocycles. The summed E-state index contributed by atoms with van der Waals surface area (Å²) in [5.41, 5.74) is -0.235. The fraction of sp³-hybridized carbons (Fsp3) is 0.600. The van der Waals surface area contributed by atoms with Gasteiger partial charge in [0.15, 0.2) is 5.66 Å². The third-order valence-corrected chi connectivity index (χ3v) is 8.19. The Bertz CT molecular complexity index is 1150. The van der Waals surface area contributed by atoms with E-state index in [1.807, 2.05) is 4.90 Å². The van der Waals surface area contributed by atoms with E-state index in [-0.39, 0.29) is 55.9 Å². The molecule has 5 amide bonds. The van der Waals surface area contributed by atoms with Gasteiger partial charge in [-0.15, -0.1) is 0 Å². The fourth-order valence-corrected chi connectivity index (χ4v) is 6.19. The lowest BCUT2D eigenvalue weighted by atomic mass is 10.0. The van der Waals surface area contributed by atoms with Crippen molar-refractivity contribution in [3.63, 3.8) is 0 Å². The summed E-state index contributed by atoms with van der Waals surface area (Å²) >= 11 is 0. The van der Waals surface area contributed by atoms with Crippen molar-refractivity contribution in [2.24, 2.45) is 0 Å². The predicted octanol–water partition coefficient (Wildman–Crippen LogP) is 3.37. The number of alkyl carbamates (subject to hydrolysis) is 1. The molecule has 11 nitrogen and oxygen atoms in total. The molecule has 3 atom stereocenters. The Morgan fingerprint density at radius 1 is 1.12 bits per heavy atom. The molecule has 1 unspecified atom stereocenters. The van der Waals surface area contributed by atoms with E-state index in [4.69, 9.17) is 4.74 Å². The predicted molar refractivity (Wildman–Crippen MR) is 154 cm³/mol. The molecule has 230 valence electrons. The second-order valence-corrected chi connectivity index (χ2v) is 11.2. The van der Waals surface area contributed by atoms with Gasteiger partial charge in [-0.1, -0.05) is 57.4 Å². The molecular weight excluding hydrogens is 543 g/mol. The monoisotopic (exact) mass is 586 g/mol. The zero-order valence-corrected chi connectivity index (χ0v) is 24.6. The molecule has 2 N–H and O–H groups in total. The number of nitrogens with one attached hydrogen (secondary N) is 2. The van der Waals surface area contributed by atoms with Crippen LogP contribution in [0.15, 0.2) is 36.9 Å². The van der Waals surface area contributed by atoms with Crippen LogP contribution < -0.4 is 10.6 Å². The maximum absolute atomic E-state index is 13.9. The summed E-state index contributed by atoms with van der Waals surface area (Å²) in [5, 5.41) is 8.81. The topological polar surface area (TPSA) is 115 Å². The number of amides is 5. The van der Waals surface area contributed by atoms with Crippen molar-refractivity contribution in [1.29, 1.82) is 0 Å². The first kappa shape index (κ1) is 31.3. The van der Waals surface area contributed by atoms with Gasteiger partial charge in [-0.25, -0.2) is 24.0 Å². The van der Waals surface area contributed by atoms with E-state index in [0.29, 0.717) is 25.8 Å². The third-order valence-electron chi connectivity index (χ3n) is 8.19. The number of nitrogens with zero attached hydrogens (tertiary/aromatic N) is 4. The second kappa shape index (κ2) is 14.0. The number of unbranched alkanes of at least 4 members (excludes halogenated alkanes) is 4. The average Bonchev–Trinajstić information content (AvgIpc) is 3.68. The smallest absolute Gasteiger partial charge is 0.407 e. The third kappa shape index (κ3) is 6.69. The lowest BCUT2D eigenvalue weighted by Crippen LogP contribution is -2.76. The Hall–Kier alpha value is -3.67. The lowest BCUT2D eigenvalue weighted by molar-refractivity contribution is -0.192. The summed E-state index contributed by atoms with van der Waals surface area (Å²) in [6, 6.07) is 4.47. The van der Waals surface area contributed by atoms with E-state index in [1.54, 1.807) is 34.1 Å². The number of piperazine rings is 1. The quantitative estimate of drug-likeness (QED) is 0.255. The molecule has 4 rings (SSSR count). The van der Waals surface area contributed by atoms with Gasteiger partial charge in [0.1, 0.15) is 18.5 Å². The number of halogens is 1. The highest BCUT2D eigenvalue weighted by atomic mass is 19.1. The van der Waals surface area contributed by atoms with Crippen LogP contribution in [0.2, 0.25) is 0 Å². The minimum atomic E-state index is -0.977. The van der Waals surface area contributed by atoms with Gasteiger partial charge in [-0.05, 0) is 37.0 Å². The van der Waals surface area contributed by atoms with E-state index in [2.05, 4.69) is 24.1 Å². The van der Waals surface area contributed by atoms with E-state index in [9.17, 15) is 23.6 Å². The minimum Gasteiger partial charge on any atom is -0.445 e. The van der Waals surface area contributed by atoms with E-state index < -0.39 is 17.8 Å². The normalized spacial score (nSPS) is 23.3. The number of benzene rings is 1. The fourth-order valence-electron chi connectivity index (χ4n) is 6.19. The van der Waals surface area contributed by atoms with E-state index in [0.717, 1.165) is 37.7 Å². The van der Waals surface area contributed by atoms with Gasteiger partial charge >= 0.3 is 12.1 Å². The van der Waals surface area contributed by atoms with Gasteiger partial charge in [0, 0.05) is 33.1 Å². The molecule has 0 radical (unpaired) electrons. The highest BCUT2D eigenvalue weighted by Crippen LogP contribution is 2.55. The number of hydrogen-bond donors (Lipinski definition) is 2. The van der Waals surface area contributed by atoms with Gasteiger partial charge in [-0.3, -0.25) is 9.59 Å². The first-order chi connectivity index (χ1) is 20.2. The Morgan fingerprint density at radius 3 is 2.57 bits per heavy atom. The van der Waals surface area contributed by atoms with Gasteiger partial charge in [0.05, 0.1) is 12.6 Å². The largest absolute Gasteiger partial charge is 0.445 e. The Kier molecular flexibility index (Phi) is 10.4. The van der Waals surface area contributed by atoms with Crippen molar-refractivity contribution in [3.05, 3.63) is 48.3 Å². The maximum Gasteiger partial charge on any atom is 0.407 e. The standard InChI is InChI=1S/C30H43FN6O5/c1-4-6-7-8-9-17-35-25-19-30(25)36(24(27(35)39)11-10-16-32-29(41)42-18-5-2)26(38)21-34(3)37(30)28(40)33-20-22-12-14-23(31)15-13-22/h5,12-15,24-25H,2,4,6-11,16-21H2,1,3H3,(H,32,41)(H,33,40)/t24-,25?,30+/m0/s1. The number of urea groups is 1. The minimum absolute atomic E-state index is 0.0502. The van der Waals surface area contributed by atoms with Crippen molar-refractivity contribution in [3.8, 4) is 0 Å². The zero-order chi connectivity index (χ0) is 30.3. The molecule has 12 heteroatoms. The summed E-state index contributed by atoms with van der Waals surface area (Å²) in [6.45, 7) is 6.75. The van der Waals surface area contributed by atoms with E-state index >= 15 is 0 Å². The van der Waals surface area contributed by atoms with Gasteiger partial charge < -0.3 is 25.2 Å². The molecule has 2 saturated heterocycles. The van der Waals surface area contributed by atoms with Crippen LogP contribution in [0.3, 0.4) is 0 Å². The summed E-state index contributed by atoms with van der Waals surface area (Å²) in [5.74, 6) is -0.671. The summed E-state index contributed by atoms with van der Waals surface area (Å²) < 4.78 is 18.3. The number of hydrazine groups is 1. The lowest BCUT2D eigenvalue weighted by Gasteiger charge is -2.55. The molecule has 3 fully saturated rings. The number of carbonyl (C=O) groups excluding carboxylic acids is 4. The molecule has 42 heavy (non-hydrogen) atoms. The van der Waals surface area contributed by atoms with Crippen molar-refractivity contribution in [2.75, 3.05) is 33.3 Å². The van der Waals surface area contributed by atoms with Crippen LogP contribution in [0.4, 0.5) is 14.0 Å². The van der Waals surface area contributed by atoms with E-state index in [1.165, 1.54) is 18.2 Å². The van der Waals surface area contributed by atoms with Crippen LogP contribution in [-0.4, -0.2) is 94.8 Å². The Morgan fingerprint density at radius 2 is 1.86 bits per heavy atom. The number of ether oxygens (including phenoxy) is 1. The molecule has 1 aromatic rings. The van der Waals surface area contributed by atoms with Crippen molar-refractivity contribution in [2.45, 2.75) is 82.6 Å². The Balaban J connectivity index is 1.52. The first-order valence-electron chi connectivity index (χ1n) is 14.9. The number of hydrogen-bond acceptors (Lipinski definition) is 6. The number of rotatable bonds is 14. The van der Waals surface area contributed by atoms with Crippen LogP contribution in [0, 0.1) is 5.82 Å². The van der Waals surface area contributed by atoms with Crippen molar-refractivity contribution >= 4 is 23.9 Å². The molecule has 1 aliphatic carbocycles. The molecule has 1 spiro atoms. The summed E-state index contributed by atoms with van der Waals surface area (Å²) in [4.78, 5) is 56.4. The van der Waals surface area contributed by atoms with Crippen LogP contribution in [-0.2, 0) is 20.9 Å². The Labute approximate surface area is 247 Å². The molecular formula is C30H43FN6O5. The highest BCUT2D eigenvalue weighted by Gasteiger charge is 2.75. The molecule has 2 aliphatic heterocycles. The van der Waals surface area contributed by atoms with Gasteiger partial charge in [0.25, 0.3) is 0 Å². The molecule has 2 heterocycles. The summed E-state index contributed by atoms with van der Waals surface area (Å²) in [7, 11) is 1.70. The van der Waals surface area contributed by atoms with Crippen molar-refractivity contribution < 1.29 is 28.3 Å². The SMILES string of the molecule is C=CCOC(=O)NCCC[C@H]1C(=O)N(CCCCCCC)C2C[C@]23N1C(=O)CN(C)N3C(=O)NCc1ccc(F)cc1. The summed E-state index contributed by atoms with van der Waals surface area (Å²) in [6.07, 6.45) is 7.36. The zero-order valence-electron chi connectivity index (χ0n) is 24.6. The first-order valence-corrected chi connectivity index (χ1v) is 14.9. The molecule has 1 saturated carbocycles. The van der Waals surface area contributed by atoms with Crippen LogP contribution in [0.25, 0.3) is 0 Å². The van der Waals surface area contributed by atoms with Gasteiger partial charge in [0.2, 0.25) is 11.8 Å². The maximum atomic E-state index is 13.9. The number of likely N-dealkylation sites (N-methyl/N-ethyl adjacent to an activating group) is 1. The average molecular weight is 587 g/mol. The number of carbonyl (C=O) groups is 4. The van der Waals surface area contributed by atoms with Crippen LogP contribution >= 0.6 is 0 Å².